The number of furan rings is 1. The minimum atomic E-state index is 0.664. The number of pyridine rings is 1. The van der Waals surface area contributed by atoms with Gasteiger partial charge in [-0.1, -0.05) is 103 Å². The minimum absolute atomic E-state index is 0.664. The van der Waals surface area contributed by atoms with Crippen molar-refractivity contribution in [1.29, 1.82) is 0 Å². The van der Waals surface area contributed by atoms with Crippen LogP contribution < -0.4 is 0 Å². The topological polar surface area (TPSA) is 51.8 Å². The first-order valence-corrected chi connectivity index (χ1v) is 17.4. The number of aromatic nitrogens is 3. The third kappa shape index (κ3) is 4.71. The fraction of sp³-hybridized carbons (Fsp3) is 0. The second kappa shape index (κ2) is 11.6. The third-order valence-corrected chi connectivity index (χ3v) is 10.6. The molecule has 0 fully saturated rings. The van der Waals surface area contributed by atoms with Crippen LogP contribution in [0.25, 0.3) is 98.3 Å². The first-order valence-electron chi connectivity index (χ1n) is 16.6. The summed E-state index contributed by atoms with van der Waals surface area (Å²) in [5.74, 6) is 0.664. The van der Waals surface area contributed by atoms with Gasteiger partial charge >= 0.3 is 0 Å². The highest BCUT2D eigenvalue weighted by atomic mass is 32.1. The quantitative estimate of drug-likeness (QED) is 0.185. The van der Waals surface area contributed by atoms with Gasteiger partial charge in [-0.2, -0.15) is 0 Å². The number of nitrogens with zero attached hydrogens (tertiary/aromatic N) is 3. The lowest BCUT2D eigenvalue weighted by atomic mass is 9.94. The summed E-state index contributed by atoms with van der Waals surface area (Å²) in [4.78, 5) is 14.6. The molecule has 0 aliphatic carbocycles. The van der Waals surface area contributed by atoms with Gasteiger partial charge in [0.15, 0.2) is 5.82 Å². The number of fused-ring (bicyclic) bond motifs is 6. The van der Waals surface area contributed by atoms with Crippen molar-refractivity contribution in [3.63, 3.8) is 0 Å². The number of rotatable bonds is 5. The molecule has 0 spiro atoms. The second-order valence-electron chi connectivity index (χ2n) is 12.4. The lowest BCUT2D eigenvalue weighted by Gasteiger charge is -2.13. The second-order valence-corrected chi connectivity index (χ2v) is 13.5. The molecule has 0 saturated heterocycles. The van der Waals surface area contributed by atoms with Gasteiger partial charge in [-0.25, -0.2) is 9.97 Å². The van der Waals surface area contributed by atoms with Crippen molar-refractivity contribution in [2.24, 2.45) is 0 Å². The van der Waals surface area contributed by atoms with E-state index in [1.807, 2.05) is 60.1 Å². The lowest BCUT2D eigenvalue weighted by Crippen LogP contribution is -1.97. The Kier molecular flexibility index (Phi) is 6.64. The van der Waals surface area contributed by atoms with Crippen LogP contribution in [0.15, 0.2) is 168 Å². The maximum atomic E-state index is 6.79. The molecule has 6 aromatic carbocycles. The Balaban J connectivity index is 1.23. The van der Waals surface area contributed by atoms with Gasteiger partial charge in [0.05, 0.1) is 11.4 Å². The number of para-hydroxylation sites is 1. The fourth-order valence-corrected chi connectivity index (χ4v) is 8.24. The Bertz CT molecular complexity index is 2870. The van der Waals surface area contributed by atoms with Gasteiger partial charge in [-0.15, -0.1) is 11.3 Å². The summed E-state index contributed by atoms with van der Waals surface area (Å²) in [5.41, 5.74) is 10.8. The van der Waals surface area contributed by atoms with Crippen molar-refractivity contribution in [3.8, 4) is 56.2 Å². The molecule has 4 aromatic heterocycles. The third-order valence-electron chi connectivity index (χ3n) is 9.42. The Morgan fingerprint density at radius 1 is 0.440 bits per heavy atom. The SMILES string of the molecule is c1ccc(-c2cc(-c3ccc(-c4cccc5sc6ccccc6c45)c4oc5ccccc5c34)nc(-c3cccc(-c4ccncc4)c3)n2)cc1. The number of hydrogen-bond acceptors (Lipinski definition) is 5. The monoisotopic (exact) mass is 657 g/mol. The van der Waals surface area contributed by atoms with Crippen molar-refractivity contribution in [2.75, 3.05) is 0 Å². The van der Waals surface area contributed by atoms with Crippen molar-refractivity contribution >= 4 is 53.4 Å². The van der Waals surface area contributed by atoms with Crippen LogP contribution in [0.5, 0.6) is 0 Å². The van der Waals surface area contributed by atoms with E-state index in [4.69, 9.17) is 14.4 Å². The number of benzene rings is 6. The predicted octanol–water partition coefficient (Wildman–Crippen LogP) is 12.5. The van der Waals surface area contributed by atoms with Crippen LogP contribution in [-0.4, -0.2) is 15.0 Å². The van der Waals surface area contributed by atoms with E-state index < -0.39 is 0 Å². The van der Waals surface area contributed by atoms with Crippen LogP contribution in [0.2, 0.25) is 0 Å². The molecule has 0 aliphatic heterocycles. The van der Waals surface area contributed by atoms with Crippen LogP contribution in [0.1, 0.15) is 0 Å². The summed E-state index contributed by atoms with van der Waals surface area (Å²) in [6.07, 6.45) is 3.64. The van der Waals surface area contributed by atoms with Crippen LogP contribution in [0.3, 0.4) is 0 Å². The summed E-state index contributed by atoms with van der Waals surface area (Å²) in [6, 6.07) is 52.8. The molecule has 4 nitrogen and oxygen atoms in total. The van der Waals surface area contributed by atoms with Gasteiger partial charge in [0, 0.05) is 65.6 Å². The molecule has 4 heterocycles. The van der Waals surface area contributed by atoms with E-state index in [9.17, 15) is 0 Å². The van der Waals surface area contributed by atoms with Crippen LogP contribution >= 0.6 is 11.3 Å². The number of hydrogen-bond donors (Lipinski definition) is 0. The zero-order valence-electron chi connectivity index (χ0n) is 26.7. The van der Waals surface area contributed by atoms with Gasteiger partial charge in [-0.3, -0.25) is 4.98 Å². The molecule has 0 aliphatic rings. The standard InChI is InChI=1S/C45H27N3OS/c1-2-10-29(11-3-1)37-27-38(48-45(47-37)31-13-8-12-30(26-31)28-22-24-46-25-23-28)34-21-20-33(44-43(34)35-14-4-6-17-39(35)49-44)32-16-9-19-41-42(32)36-15-5-7-18-40(36)50-41/h1-27H. The molecule has 0 N–H and O–H groups in total. The molecular formula is C45H27N3OS. The zero-order valence-corrected chi connectivity index (χ0v) is 27.6. The maximum Gasteiger partial charge on any atom is 0.160 e. The van der Waals surface area contributed by atoms with Crippen LogP contribution in [0, 0.1) is 0 Å². The van der Waals surface area contributed by atoms with Gasteiger partial charge in [0.1, 0.15) is 11.2 Å². The lowest BCUT2D eigenvalue weighted by molar-refractivity contribution is 0.670. The van der Waals surface area contributed by atoms with Gasteiger partial charge < -0.3 is 4.42 Å². The van der Waals surface area contributed by atoms with Crippen LogP contribution in [0.4, 0.5) is 0 Å². The molecule has 234 valence electrons. The molecule has 0 saturated carbocycles. The van der Waals surface area contributed by atoms with E-state index in [1.54, 1.807) is 0 Å². The highest BCUT2D eigenvalue weighted by Gasteiger charge is 2.21. The molecule has 5 heteroatoms. The van der Waals surface area contributed by atoms with E-state index in [0.717, 1.165) is 72.3 Å². The molecule has 10 aromatic rings. The molecular weight excluding hydrogens is 631 g/mol. The largest absolute Gasteiger partial charge is 0.455 e. The fourth-order valence-electron chi connectivity index (χ4n) is 7.11. The molecule has 0 radical (unpaired) electrons. The summed E-state index contributed by atoms with van der Waals surface area (Å²) in [7, 11) is 0. The predicted molar refractivity (Wildman–Crippen MR) is 207 cm³/mol. The average molecular weight is 658 g/mol. The first-order chi connectivity index (χ1) is 24.8. The van der Waals surface area contributed by atoms with E-state index >= 15 is 0 Å². The van der Waals surface area contributed by atoms with Gasteiger partial charge in [0.2, 0.25) is 0 Å². The molecule has 0 amide bonds. The smallest absolute Gasteiger partial charge is 0.160 e. The van der Waals surface area contributed by atoms with Gasteiger partial charge in [-0.05, 0) is 65.2 Å². The summed E-state index contributed by atoms with van der Waals surface area (Å²) in [6.45, 7) is 0. The van der Waals surface area contributed by atoms with E-state index in [1.165, 1.54) is 20.2 Å². The summed E-state index contributed by atoms with van der Waals surface area (Å²) in [5, 5.41) is 4.62. The highest BCUT2D eigenvalue weighted by Crippen LogP contribution is 2.46. The van der Waals surface area contributed by atoms with Crippen LogP contribution in [-0.2, 0) is 0 Å². The first kappa shape index (κ1) is 28.6. The van der Waals surface area contributed by atoms with Crippen molar-refractivity contribution in [2.45, 2.75) is 0 Å². The van der Waals surface area contributed by atoms with Crippen molar-refractivity contribution in [1.82, 2.24) is 15.0 Å². The Morgan fingerprint density at radius 2 is 1.14 bits per heavy atom. The minimum Gasteiger partial charge on any atom is -0.455 e. The molecule has 0 atom stereocenters. The van der Waals surface area contributed by atoms with Crippen molar-refractivity contribution in [3.05, 3.63) is 164 Å². The molecule has 0 unspecified atom stereocenters. The highest BCUT2D eigenvalue weighted by molar-refractivity contribution is 7.25. The zero-order chi connectivity index (χ0) is 33.0. The Labute approximate surface area is 292 Å². The number of thiophene rings is 1. The van der Waals surface area contributed by atoms with E-state index in [2.05, 4.69) is 120 Å². The Morgan fingerprint density at radius 3 is 2.04 bits per heavy atom. The summed E-state index contributed by atoms with van der Waals surface area (Å²) >= 11 is 1.83. The molecule has 10 rings (SSSR count). The van der Waals surface area contributed by atoms with E-state index in [0.29, 0.717) is 5.82 Å². The van der Waals surface area contributed by atoms with Crippen molar-refractivity contribution < 1.29 is 4.42 Å². The molecule has 0 bridgehead atoms. The molecule has 50 heavy (non-hydrogen) atoms. The maximum absolute atomic E-state index is 6.79. The summed E-state index contributed by atoms with van der Waals surface area (Å²) < 4.78 is 9.33. The van der Waals surface area contributed by atoms with E-state index in [-0.39, 0.29) is 0 Å². The van der Waals surface area contributed by atoms with Gasteiger partial charge in [0.25, 0.3) is 0 Å². The Hall–Kier alpha value is -6.43. The average Bonchev–Trinajstić information content (AvgIpc) is 3.77. The normalized spacial score (nSPS) is 11.6.